The molecule has 0 amide bonds. The number of hydrogen-bond donors (Lipinski definition) is 0. The summed E-state index contributed by atoms with van der Waals surface area (Å²) in [5.41, 5.74) is 1.27. The van der Waals surface area contributed by atoms with E-state index in [1.165, 1.54) is 19.3 Å². The summed E-state index contributed by atoms with van der Waals surface area (Å²) >= 11 is 0. The molecule has 0 aromatic carbocycles. The maximum atomic E-state index is 2.52. The molecular formula is C13H24. The second kappa shape index (κ2) is 2.52. The van der Waals surface area contributed by atoms with Gasteiger partial charge in [-0.2, -0.15) is 0 Å². The van der Waals surface area contributed by atoms with Gasteiger partial charge in [-0.25, -0.2) is 0 Å². The molecule has 2 aliphatic carbocycles. The fraction of sp³-hybridized carbons (Fsp3) is 1.00. The van der Waals surface area contributed by atoms with E-state index in [-0.39, 0.29) is 0 Å². The van der Waals surface area contributed by atoms with E-state index in [2.05, 4.69) is 34.6 Å². The normalized spacial score (nSPS) is 47.5. The van der Waals surface area contributed by atoms with Gasteiger partial charge in [-0.05, 0) is 47.8 Å². The van der Waals surface area contributed by atoms with Gasteiger partial charge in [0.1, 0.15) is 0 Å². The smallest absolute Gasteiger partial charge is 0.0269 e. The number of fused-ring (bicyclic) bond motifs is 2. The second-order valence-corrected chi connectivity index (χ2v) is 6.54. The Bertz CT molecular complexity index is 211. The standard InChI is InChI=1S/C13H24/c1-9(2)10-8-13(5)7-6-11(10)12(13,3)4/h9-11H,6-8H2,1-5H3. The lowest BCUT2D eigenvalue weighted by Crippen LogP contribution is -2.26. The molecule has 3 unspecified atom stereocenters. The predicted octanol–water partition coefficient (Wildman–Crippen LogP) is 4.10. The summed E-state index contributed by atoms with van der Waals surface area (Å²) in [5.74, 6) is 2.91. The Labute approximate surface area is 83.1 Å². The van der Waals surface area contributed by atoms with Crippen molar-refractivity contribution >= 4 is 0 Å². The minimum absolute atomic E-state index is 0.613. The highest BCUT2D eigenvalue weighted by atomic mass is 14.6. The highest BCUT2D eigenvalue weighted by molar-refractivity contribution is 5.09. The zero-order valence-electron chi connectivity index (χ0n) is 9.85. The quantitative estimate of drug-likeness (QED) is 0.570. The molecule has 2 bridgehead atoms. The van der Waals surface area contributed by atoms with E-state index in [1.807, 2.05) is 0 Å². The molecule has 2 aliphatic rings. The summed E-state index contributed by atoms with van der Waals surface area (Å²) in [5, 5.41) is 0. The molecule has 0 aromatic rings. The summed E-state index contributed by atoms with van der Waals surface area (Å²) in [6, 6.07) is 0. The molecule has 0 radical (unpaired) electrons. The van der Waals surface area contributed by atoms with Crippen LogP contribution in [0.2, 0.25) is 0 Å². The molecule has 2 fully saturated rings. The summed E-state index contributed by atoms with van der Waals surface area (Å²) in [6.07, 6.45) is 4.46. The molecule has 13 heavy (non-hydrogen) atoms. The van der Waals surface area contributed by atoms with E-state index >= 15 is 0 Å². The molecule has 0 saturated heterocycles. The minimum atomic E-state index is 0.613. The van der Waals surface area contributed by atoms with Crippen LogP contribution in [0.3, 0.4) is 0 Å². The molecule has 0 nitrogen and oxygen atoms in total. The van der Waals surface area contributed by atoms with Crippen LogP contribution in [0.5, 0.6) is 0 Å². The Morgan fingerprint density at radius 2 is 1.77 bits per heavy atom. The van der Waals surface area contributed by atoms with Gasteiger partial charge in [-0.1, -0.05) is 34.6 Å². The summed E-state index contributed by atoms with van der Waals surface area (Å²) in [4.78, 5) is 0. The van der Waals surface area contributed by atoms with Crippen LogP contribution in [0.1, 0.15) is 53.9 Å². The first-order valence-electron chi connectivity index (χ1n) is 5.88. The van der Waals surface area contributed by atoms with Crippen LogP contribution in [-0.4, -0.2) is 0 Å². The average molecular weight is 180 g/mol. The van der Waals surface area contributed by atoms with E-state index in [9.17, 15) is 0 Å². The fourth-order valence-corrected chi connectivity index (χ4v) is 4.08. The topological polar surface area (TPSA) is 0 Å². The maximum Gasteiger partial charge on any atom is -0.0269 e. The van der Waals surface area contributed by atoms with E-state index in [4.69, 9.17) is 0 Å². The van der Waals surface area contributed by atoms with Crippen molar-refractivity contribution in [3.8, 4) is 0 Å². The molecule has 0 aliphatic heterocycles. The molecule has 0 spiro atoms. The van der Waals surface area contributed by atoms with Gasteiger partial charge in [0.2, 0.25) is 0 Å². The molecule has 0 heterocycles. The lowest BCUT2D eigenvalue weighted by atomic mass is 9.71. The van der Waals surface area contributed by atoms with Gasteiger partial charge in [0, 0.05) is 0 Å². The average Bonchev–Trinajstić information content (AvgIpc) is 2.34. The summed E-state index contributed by atoms with van der Waals surface area (Å²) < 4.78 is 0. The molecule has 76 valence electrons. The van der Waals surface area contributed by atoms with E-state index in [0.29, 0.717) is 10.8 Å². The van der Waals surface area contributed by atoms with Gasteiger partial charge in [0.05, 0.1) is 0 Å². The first-order chi connectivity index (χ1) is 5.88. The van der Waals surface area contributed by atoms with Gasteiger partial charge in [-0.3, -0.25) is 0 Å². The number of hydrogen-bond acceptors (Lipinski definition) is 0. The Hall–Kier alpha value is 0. The van der Waals surface area contributed by atoms with Crippen molar-refractivity contribution in [1.29, 1.82) is 0 Å². The first kappa shape index (κ1) is 9.55. The second-order valence-electron chi connectivity index (χ2n) is 6.54. The Kier molecular flexibility index (Phi) is 1.85. The number of rotatable bonds is 1. The Morgan fingerprint density at radius 3 is 2.00 bits per heavy atom. The van der Waals surface area contributed by atoms with Crippen molar-refractivity contribution in [3.05, 3.63) is 0 Å². The molecule has 2 saturated carbocycles. The SMILES string of the molecule is CC(C)C1CC2(C)CCC1C2(C)C. The zero-order chi connectivity index (χ0) is 9.85. The van der Waals surface area contributed by atoms with Gasteiger partial charge < -0.3 is 0 Å². The third-order valence-corrected chi connectivity index (χ3v) is 5.55. The van der Waals surface area contributed by atoms with Crippen molar-refractivity contribution in [2.24, 2.45) is 28.6 Å². The first-order valence-corrected chi connectivity index (χ1v) is 5.88. The van der Waals surface area contributed by atoms with Crippen LogP contribution in [0, 0.1) is 28.6 Å². The molecule has 2 rings (SSSR count). The molecular weight excluding hydrogens is 156 g/mol. The highest BCUT2D eigenvalue weighted by Gasteiger charge is 2.60. The van der Waals surface area contributed by atoms with E-state index in [0.717, 1.165) is 17.8 Å². The largest absolute Gasteiger partial charge is 0.0625 e. The van der Waals surface area contributed by atoms with Crippen LogP contribution in [-0.2, 0) is 0 Å². The molecule has 0 aromatic heterocycles. The van der Waals surface area contributed by atoms with Gasteiger partial charge in [0.25, 0.3) is 0 Å². The third kappa shape index (κ3) is 1.04. The predicted molar refractivity (Wildman–Crippen MR) is 57.6 cm³/mol. The van der Waals surface area contributed by atoms with Crippen molar-refractivity contribution in [1.82, 2.24) is 0 Å². The van der Waals surface area contributed by atoms with Gasteiger partial charge in [-0.15, -0.1) is 0 Å². The molecule has 0 N–H and O–H groups in total. The fourth-order valence-electron chi connectivity index (χ4n) is 4.08. The molecule has 3 atom stereocenters. The Morgan fingerprint density at radius 1 is 1.15 bits per heavy atom. The summed E-state index contributed by atoms with van der Waals surface area (Å²) in [7, 11) is 0. The zero-order valence-corrected chi connectivity index (χ0v) is 9.85. The van der Waals surface area contributed by atoms with Crippen LogP contribution in [0.15, 0.2) is 0 Å². The van der Waals surface area contributed by atoms with E-state index in [1.54, 1.807) is 0 Å². The van der Waals surface area contributed by atoms with Gasteiger partial charge >= 0.3 is 0 Å². The minimum Gasteiger partial charge on any atom is -0.0625 e. The lowest BCUT2D eigenvalue weighted by Gasteiger charge is -2.34. The van der Waals surface area contributed by atoms with E-state index < -0.39 is 0 Å². The van der Waals surface area contributed by atoms with Gasteiger partial charge in [0.15, 0.2) is 0 Å². The monoisotopic (exact) mass is 180 g/mol. The van der Waals surface area contributed by atoms with Crippen molar-refractivity contribution in [2.45, 2.75) is 53.9 Å². The lowest BCUT2D eigenvalue weighted by molar-refractivity contribution is 0.151. The van der Waals surface area contributed by atoms with Crippen molar-refractivity contribution < 1.29 is 0 Å². The Balaban J connectivity index is 2.29. The maximum absolute atomic E-state index is 2.52. The molecule has 0 heteroatoms. The van der Waals surface area contributed by atoms with Crippen LogP contribution >= 0.6 is 0 Å². The van der Waals surface area contributed by atoms with Crippen LogP contribution in [0.25, 0.3) is 0 Å². The van der Waals surface area contributed by atoms with Crippen molar-refractivity contribution in [2.75, 3.05) is 0 Å². The van der Waals surface area contributed by atoms with Crippen LogP contribution < -0.4 is 0 Å². The third-order valence-electron chi connectivity index (χ3n) is 5.55. The van der Waals surface area contributed by atoms with Crippen LogP contribution in [0.4, 0.5) is 0 Å². The summed E-state index contributed by atoms with van der Waals surface area (Å²) in [6.45, 7) is 12.4. The highest BCUT2D eigenvalue weighted by Crippen LogP contribution is 2.68. The van der Waals surface area contributed by atoms with Crippen molar-refractivity contribution in [3.63, 3.8) is 0 Å².